The van der Waals surface area contributed by atoms with Gasteiger partial charge >= 0.3 is 0 Å². The molecule has 6 heteroatoms. The fraction of sp³-hybridized carbons (Fsp3) is 0.500. The van der Waals surface area contributed by atoms with Crippen LogP contribution < -0.4 is 0 Å². The SMILES string of the molecule is CN(C)C(=NC(=Nc1ccccc1)N1CCOCC1)N(C)C. The van der Waals surface area contributed by atoms with E-state index >= 15 is 0 Å². The lowest BCUT2D eigenvalue weighted by molar-refractivity contribution is 0.0675. The smallest absolute Gasteiger partial charge is 0.229 e. The summed E-state index contributed by atoms with van der Waals surface area (Å²) in [7, 11) is 7.94. The molecule has 0 atom stereocenters. The van der Waals surface area contributed by atoms with Crippen LogP contribution in [0.2, 0.25) is 0 Å². The molecule has 0 amide bonds. The molecule has 1 heterocycles. The summed E-state index contributed by atoms with van der Waals surface area (Å²) in [6, 6.07) is 9.93. The first kappa shape index (κ1) is 16.3. The molecular formula is C16H25N5O. The van der Waals surface area contributed by atoms with Crippen molar-refractivity contribution < 1.29 is 4.74 Å². The molecule has 120 valence electrons. The van der Waals surface area contributed by atoms with Crippen LogP contribution in [0, 0.1) is 0 Å². The van der Waals surface area contributed by atoms with Gasteiger partial charge in [0.2, 0.25) is 11.9 Å². The van der Waals surface area contributed by atoms with Gasteiger partial charge in [-0.3, -0.25) is 0 Å². The highest BCUT2D eigenvalue weighted by molar-refractivity contribution is 5.95. The zero-order valence-corrected chi connectivity index (χ0v) is 13.9. The average Bonchev–Trinajstić information content (AvgIpc) is 2.52. The van der Waals surface area contributed by atoms with Crippen LogP contribution >= 0.6 is 0 Å². The quantitative estimate of drug-likeness (QED) is 0.582. The van der Waals surface area contributed by atoms with E-state index in [1.54, 1.807) is 0 Å². The van der Waals surface area contributed by atoms with E-state index in [4.69, 9.17) is 14.7 Å². The lowest BCUT2D eigenvalue weighted by Gasteiger charge is -2.29. The highest BCUT2D eigenvalue weighted by Crippen LogP contribution is 2.13. The Bertz CT molecular complexity index is 509. The van der Waals surface area contributed by atoms with Gasteiger partial charge < -0.3 is 19.4 Å². The second-order valence-corrected chi connectivity index (χ2v) is 5.55. The summed E-state index contributed by atoms with van der Waals surface area (Å²) in [4.78, 5) is 15.7. The van der Waals surface area contributed by atoms with E-state index in [1.807, 2.05) is 68.3 Å². The molecular weight excluding hydrogens is 278 g/mol. The molecule has 0 spiro atoms. The fourth-order valence-electron chi connectivity index (χ4n) is 2.24. The maximum absolute atomic E-state index is 5.43. The van der Waals surface area contributed by atoms with E-state index < -0.39 is 0 Å². The maximum Gasteiger partial charge on any atom is 0.229 e. The number of hydrogen-bond donors (Lipinski definition) is 0. The van der Waals surface area contributed by atoms with Crippen molar-refractivity contribution in [3.05, 3.63) is 30.3 Å². The van der Waals surface area contributed by atoms with Gasteiger partial charge in [0.05, 0.1) is 18.9 Å². The fourth-order valence-corrected chi connectivity index (χ4v) is 2.24. The number of rotatable bonds is 1. The van der Waals surface area contributed by atoms with Gasteiger partial charge in [-0.2, -0.15) is 4.99 Å². The summed E-state index contributed by atoms with van der Waals surface area (Å²) < 4.78 is 5.43. The second kappa shape index (κ2) is 7.79. The molecule has 0 unspecified atom stereocenters. The minimum Gasteiger partial charge on any atom is -0.378 e. The molecule has 1 aromatic carbocycles. The van der Waals surface area contributed by atoms with Gasteiger partial charge in [-0.25, -0.2) is 4.99 Å². The molecule has 1 aromatic rings. The number of benzene rings is 1. The molecule has 0 saturated carbocycles. The van der Waals surface area contributed by atoms with Crippen LogP contribution in [0.4, 0.5) is 5.69 Å². The third kappa shape index (κ3) is 4.46. The molecule has 6 nitrogen and oxygen atoms in total. The van der Waals surface area contributed by atoms with Crippen LogP contribution in [0.1, 0.15) is 0 Å². The van der Waals surface area contributed by atoms with Crippen LogP contribution in [0.25, 0.3) is 0 Å². The predicted molar refractivity (Wildman–Crippen MR) is 90.7 cm³/mol. The lowest BCUT2D eigenvalue weighted by atomic mass is 10.3. The normalized spacial score (nSPS) is 15.5. The Morgan fingerprint density at radius 2 is 1.59 bits per heavy atom. The van der Waals surface area contributed by atoms with Gasteiger partial charge in [0, 0.05) is 41.3 Å². The van der Waals surface area contributed by atoms with Crippen molar-refractivity contribution in [3.63, 3.8) is 0 Å². The van der Waals surface area contributed by atoms with Gasteiger partial charge in [0.15, 0.2) is 0 Å². The number of guanidine groups is 2. The van der Waals surface area contributed by atoms with Crippen molar-refractivity contribution in [1.82, 2.24) is 14.7 Å². The number of nitrogens with zero attached hydrogens (tertiary/aromatic N) is 5. The Morgan fingerprint density at radius 3 is 2.14 bits per heavy atom. The number of hydrogen-bond acceptors (Lipinski definition) is 2. The molecule has 2 rings (SSSR count). The van der Waals surface area contributed by atoms with Crippen LogP contribution in [0.15, 0.2) is 40.3 Å². The Hall–Kier alpha value is -2.08. The second-order valence-electron chi connectivity index (χ2n) is 5.55. The molecule has 22 heavy (non-hydrogen) atoms. The van der Waals surface area contributed by atoms with Gasteiger partial charge in [-0.15, -0.1) is 0 Å². The summed E-state index contributed by atoms with van der Waals surface area (Å²) in [5.74, 6) is 1.59. The number of aliphatic imine (C=N–C) groups is 2. The molecule has 0 radical (unpaired) electrons. The average molecular weight is 303 g/mol. The van der Waals surface area contributed by atoms with Crippen molar-refractivity contribution >= 4 is 17.6 Å². The summed E-state index contributed by atoms with van der Waals surface area (Å²) >= 11 is 0. The standard InChI is InChI=1S/C16H25N5O/c1-19(2)16(20(3)4)18-15(21-10-12-22-13-11-21)17-14-8-6-5-7-9-14/h5-9H,10-13H2,1-4H3. The Balaban J connectivity index is 2.36. The molecule has 1 fully saturated rings. The Morgan fingerprint density at radius 1 is 1.00 bits per heavy atom. The predicted octanol–water partition coefficient (Wildman–Crippen LogP) is 1.49. The van der Waals surface area contributed by atoms with E-state index in [9.17, 15) is 0 Å². The molecule has 1 aliphatic heterocycles. The monoisotopic (exact) mass is 303 g/mol. The Labute approximate surface area is 132 Å². The largest absolute Gasteiger partial charge is 0.378 e. The van der Waals surface area contributed by atoms with Crippen LogP contribution in [-0.2, 0) is 4.74 Å². The van der Waals surface area contributed by atoms with Crippen molar-refractivity contribution in [1.29, 1.82) is 0 Å². The highest BCUT2D eigenvalue weighted by atomic mass is 16.5. The minimum absolute atomic E-state index is 0.711. The van der Waals surface area contributed by atoms with Crippen LogP contribution in [-0.4, -0.2) is 81.1 Å². The van der Waals surface area contributed by atoms with Crippen LogP contribution in [0.5, 0.6) is 0 Å². The third-order valence-electron chi connectivity index (χ3n) is 3.28. The Kier molecular flexibility index (Phi) is 5.77. The molecule has 1 aliphatic rings. The topological polar surface area (TPSA) is 43.7 Å². The third-order valence-corrected chi connectivity index (χ3v) is 3.28. The molecule has 1 saturated heterocycles. The number of morpholine rings is 1. The van der Waals surface area contributed by atoms with Gasteiger partial charge in [-0.05, 0) is 12.1 Å². The van der Waals surface area contributed by atoms with E-state index in [-0.39, 0.29) is 0 Å². The van der Waals surface area contributed by atoms with Crippen molar-refractivity contribution in [2.24, 2.45) is 9.98 Å². The molecule has 0 N–H and O–H groups in total. The highest BCUT2D eigenvalue weighted by Gasteiger charge is 2.17. The summed E-state index contributed by atoms with van der Waals surface area (Å²) in [6.45, 7) is 3.04. The van der Waals surface area contributed by atoms with Crippen molar-refractivity contribution in [2.75, 3.05) is 54.5 Å². The minimum atomic E-state index is 0.711. The van der Waals surface area contributed by atoms with E-state index in [2.05, 4.69) is 4.90 Å². The van der Waals surface area contributed by atoms with Crippen LogP contribution in [0.3, 0.4) is 0 Å². The van der Waals surface area contributed by atoms with Gasteiger partial charge in [-0.1, -0.05) is 18.2 Å². The summed E-state index contributed by atoms with van der Waals surface area (Å²) in [5.41, 5.74) is 0.907. The van der Waals surface area contributed by atoms with E-state index in [0.29, 0.717) is 13.2 Å². The molecule has 0 bridgehead atoms. The molecule has 0 aromatic heterocycles. The van der Waals surface area contributed by atoms with Crippen molar-refractivity contribution in [3.8, 4) is 0 Å². The maximum atomic E-state index is 5.43. The van der Waals surface area contributed by atoms with Gasteiger partial charge in [0.25, 0.3) is 0 Å². The van der Waals surface area contributed by atoms with Crippen molar-refractivity contribution in [2.45, 2.75) is 0 Å². The summed E-state index contributed by atoms with van der Waals surface area (Å²) in [6.07, 6.45) is 0. The first-order valence-electron chi connectivity index (χ1n) is 7.47. The van der Waals surface area contributed by atoms with E-state index in [1.165, 1.54) is 0 Å². The number of ether oxygens (including phenoxy) is 1. The molecule has 0 aliphatic carbocycles. The first-order chi connectivity index (χ1) is 10.6. The summed E-state index contributed by atoms with van der Waals surface area (Å²) in [5, 5.41) is 0. The van der Waals surface area contributed by atoms with Gasteiger partial charge in [0.1, 0.15) is 0 Å². The lowest BCUT2D eigenvalue weighted by Crippen LogP contribution is -2.43. The van der Waals surface area contributed by atoms with E-state index in [0.717, 1.165) is 30.7 Å². The number of para-hydroxylation sites is 1. The zero-order valence-electron chi connectivity index (χ0n) is 13.9. The first-order valence-corrected chi connectivity index (χ1v) is 7.47. The zero-order chi connectivity index (χ0) is 15.9.